The van der Waals surface area contributed by atoms with Crippen molar-refractivity contribution in [2.75, 3.05) is 6.61 Å². The molecule has 0 spiro atoms. The highest BCUT2D eigenvalue weighted by molar-refractivity contribution is 6.13. The Morgan fingerprint density at radius 3 is 2.62 bits per heavy atom. The molecule has 0 unspecified atom stereocenters. The number of rotatable bonds is 4. The van der Waals surface area contributed by atoms with Crippen LogP contribution in [0.3, 0.4) is 0 Å². The third-order valence-electron chi connectivity index (χ3n) is 1.38. The maximum Gasteiger partial charge on any atom is 0.123 e. The maximum absolute atomic E-state index is 12.4. The van der Waals surface area contributed by atoms with Gasteiger partial charge in [-0.2, -0.15) is 0 Å². The van der Waals surface area contributed by atoms with E-state index in [1.807, 2.05) is 0 Å². The number of ether oxygens (including phenoxy) is 1. The predicted octanol–water partition coefficient (Wildman–Crippen LogP) is 1.23. The zero-order valence-corrected chi connectivity index (χ0v) is 7.59. The molecule has 0 fully saturated rings. The van der Waals surface area contributed by atoms with Gasteiger partial charge in [0, 0.05) is 0 Å². The predicted molar refractivity (Wildman–Crippen MR) is 48.9 cm³/mol. The Hall–Kier alpha value is -0.840. The van der Waals surface area contributed by atoms with Crippen LogP contribution in [0.15, 0.2) is 24.3 Å². The third kappa shape index (κ3) is 3.59. The van der Waals surface area contributed by atoms with Gasteiger partial charge in [-0.1, -0.05) is 0 Å². The molecule has 0 saturated heterocycles. The smallest absolute Gasteiger partial charge is 0.123 e. The summed E-state index contributed by atoms with van der Waals surface area (Å²) >= 11 is 5.23. The molecule has 3 nitrogen and oxygen atoms in total. The fourth-order valence-electron chi connectivity index (χ4n) is 0.748. The number of nitrogens with one attached hydrogen (secondary N) is 1. The standard InChI is InChI=1S/C8H10ClFN2O/c9-12-8(11)5-13-7-3-1-6(10)2-4-7/h1-4,8,12H,5,11H2/t8-/m1/s1. The molecule has 1 atom stereocenters. The zero-order chi connectivity index (χ0) is 9.68. The zero-order valence-electron chi connectivity index (χ0n) is 6.84. The molecule has 1 rings (SSSR count). The summed E-state index contributed by atoms with van der Waals surface area (Å²) in [6.07, 6.45) is -0.438. The molecule has 0 radical (unpaired) electrons. The van der Waals surface area contributed by atoms with E-state index < -0.39 is 6.17 Å². The van der Waals surface area contributed by atoms with E-state index in [4.69, 9.17) is 22.2 Å². The quantitative estimate of drug-likeness (QED) is 0.573. The number of hydrogen-bond acceptors (Lipinski definition) is 3. The second-order valence-corrected chi connectivity index (χ2v) is 2.70. The van der Waals surface area contributed by atoms with E-state index in [-0.39, 0.29) is 12.4 Å². The molecular formula is C8H10ClFN2O. The lowest BCUT2D eigenvalue weighted by Gasteiger charge is -2.10. The lowest BCUT2D eigenvalue weighted by atomic mass is 10.3. The minimum Gasteiger partial charge on any atom is -0.491 e. The number of benzene rings is 1. The first-order valence-electron chi connectivity index (χ1n) is 3.72. The Balaban J connectivity index is 2.41. The van der Waals surface area contributed by atoms with Crippen molar-refractivity contribution in [1.82, 2.24) is 4.84 Å². The van der Waals surface area contributed by atoms with Crippen molar-refractivity contribution >= 4 is 11.8 Å². The first-order valence-corrected chi connectivity index (χ1v) is 4.10. The fraction of sp³-hybridized carbons (Fsp3) is 0.250. The molecule has 0 amide bonds. The van der Waals surface area contributed by atoms with Gasteiger partial charge in [0.15, 0.2) is 0 Å². The van der Waals surface area contributed by atoms with Gasteiger partial charge >= 0.3 is 0 Å². The highest BCUT2D eigenvalue weighted by Crippen LogP contribution is 2.10. The summed E-state index contributed by atoms with van der Waals surface area (Å²) in [6.45, 7) is 0.231. The third-order valence-corrected chi connectivity index (χ3v) is 1.66. The normalized spacial score (nSPS) is 12.5. The average molecular weight is 205 g/mol. The van der Waals surface area contributed by atoms with Crippen LogP contribution in [0.1, 0.15) is 0 Å². The molecule has 0 heterocycles. The van der Waals surface area contributed by atoms with Crippen molar-refractivity contribution in [3.8, 4) is 5.75 Å². The molecule has 0 aliphatic carbocycles. The molecule has 72 valence electrons. The summed E-state index contributed by atoms with van der Waals surface area (Å²) in [5, 5.41) is 0. The summed E-state index contributed by atoms with van der Waals surface area (Å²) < 4.78 is 17.6. The summed E-state index contributed by atoms with van der Waals surface area (Å²) in [5.41, 5.74) is 5.41. The number of halogens is 2. The minimum absolute atomic E-state index is 0.231. The SMILES string of the molecule is N[C@@H](COc1ccc(F)cc1)NCl. The van der Waals surface area contributed by atoms with Gasteiger partial charge in [0.05, 0.1) is 0 Å². The fourth-order valence-corrected chi connectivity index (χ4v) is 0.811. The molecule has 5 heteroatoms. The molecule has 0 aromatic heterocycles. The van der Waals surface area contributed by atoms with Crippen LogP contribution in [-0.2, 0) is 0 Å². The Kier molecular flexibility index (Phi) is 3.95. The van der Waals surface area contributed by atoms with Crippen LogP contribution in [0.25, 0.3) is 0 Å². The van der Waals surface area contributed by atoms with Gasteiger partial charge < -0.3 is 10.5 Å². The topological polar surface area (TPSA) is 47.3 Å². The molecule has 1 aromatic carbocycles. The van der Waals surface area contributed by atoms with Gasteiger partial charge in [0.25, 0.3) is 0 Å². The molecule has 0 aliphatic rings. The lowest BCUT2D eigenvalue weighted by Crippen LogP contribution is -2.37. The van der Waals surface area contributed by atoms with Gasteiger partial charge in [0.1, 0.15) is 24.3 Å². The second kappa shape index (κ2) is 5.01. The van der Waals surface area contributed by atoms with Crippen molar-refractivity contribution in [3.63, 3.8) is 0 Å². The van der Waals surface area contributed by atoms with E-state index >= 15 is 0 Å². The van der Waals surface area contributed by atoms with Crippen molar-refractivity contribution in [3.05, 3.63) is 30.1 Å². The van der Waals surface area contributed by atoms with E-state index in [1.54, 1.807) is 0 Å². The van der Waals surface area contributed by atoms with Gasteiger partial charge in [0.2, 0.25) is 0 Å². The Morgan fingerprint density at radius 2 is 2.08 bits per heavy atom. The van der Waals surface area contributed by atoms with Crippen molar-refractivity contribution in [2.24, 2.45) is 5.73 Å². The summed E-state index contributed by atoms with van der Waals surface area (Å²) in [6, 6.07) is 5.68. The molecule has 3 N–H and O–H groups in total. The molecule has 0 aliphatic heterocycles. The van der Waals surface area contributed by atoms with Crippen LogP contribution in [0, 0.1) is 5.82 Å². The largest absolute Gasteiger partial charge is 0.491 e. The van der Waals surface area contributed by atoms with E-state index in [0.29, 0.717) is 5.75 Å². The monoisotopic (exact) mass is 204 g/mol. The van der Waals surface area contributed by atoms with Crippen LogP contribution in [0.2, 0.25) is 0 Å². The van der Waals surface area contributed by atoms with Crippen molar-refractivity contribution in [2.45, 2.75) is 6.17 Å². The molecule has 1 aromatic rings. The van der Waals surface area contributed by atoms with Gasteiger partial charge in [-0.3, -0.25) is 0 Å². The second-order valence-electron chi connectivity index (χ2n) is 2.48. The summed E-state index contributed by atoms with van der Waals surface area (Å²) in [5.74, 6) is 0.260. The van der Waals surface area contributed by atoms with E-state index in [0.717, 1.165) is 0 Å². The Bertz CT molecular complexity index is 255. The van der Waals surface area contributed by atoms with Crippen LogP contribution in [0.5, 0.6) is 5.75 Å². The Labute approximate surface area is 80.7 Å². The molecule has 0 bridgehead atoms. The first kappa shape index (κ1) is 10.2. The van der Waals surface area contributed by atoms with E-state index in [2.05, 4.69) is 4.84 Å². The van der Waals surface area contributed by atoms with E-state index in [1.165, 1.54) is 24.3 Å². The molecular weight excluding hydrogens is 195 g/mol. The first-order chi connectivity index (χ1) is 6.22. The Morgan fingerprint density at radius 1 is 1.46 bits per heavy atom. The van der Waals surface area contributed by atoms with Crippen LogP contribution >= 0.6 is 11.8 Å². The van der Waals surface area contributed by atoms with Crippen molar-refractivity contribution in [1.29, 1.82) is 0 Å². The summed E-state index contributed by atoms with van der Waals surface area (Å²) in [4.78, 5) is 2.30. The summed E-state index contributed by atoms with van der Waals surface area (Å²) in [7, 11) is 0. The van der Waals surface area contributed by atoms with E-state index in [9.17, 15) is 4.39 Å². The molecule has 0 saturated carbocycles. The van der Waals surface area contributed by atoms with Crippen molar-refractivity contribution < 1.29 is 9.13 Å². The highest BCUT2D eigenvalue weighted by atomic mass is 35.5. The number of nitrogens with two attached hydrogens (primary N) is 1. The highest BCUT2D eigenvalue weighted by Gasteiger charge is 2.00. The molecule has 13 heavy (non-hydrogen) atoms. The van der Waals surface area contributed by atoms with Crippen LogP contribution in [0.4, 0.5) is 4.39 Å². The minimum atomic E-state index is -0.438. The average Bonchev–Trinajstić information content (AvgIpc) is 2.16. The van der Waals surface area contributed by atoms with Crippen LogP contribution in [-0.4, -0.2) is 12.8 Å². The van der Waals surface area contributed by atoms with Gasteiger partial charge in [-0.25, -0.2) is 9.23 Å². The maximum atomic E-state index is 12.4. The number of hydrogen-bond donors (Lipinski definition) is 2. The van der Waals surface area contributed by atoms with Gasteiger partial charge in [-0.15, -0.1) is 0 Å². The van der Waals surface area contributed by atoms with Crippen LogP contribution < -0.4 is 15.3 Å². The lowest BCUT2D eigenvalue weighted by molar-refractivity contribution is 0.283. The van der Waals surface area contributed by atoms with Gasteiger partial charge in [-0.05, 0) is 36.0 Å².